The van der Waals surface area contributed by atoms with Crippen LogP contribution in [0.5, 0.6) is 0 Å². The largest absolute Gasteiger partial charge is 0.444 e. The van der Waals surface area contributed by atoms with Gasteiger partial charge in [0.1, 0.15) is 11.4 Å². The molecular weight excluding hydrogens is 477 g/mol. The molecule has 1 spiro atoms. The SMILES string of the molecule is CC(C)(C)OC(=O)N1CCC2(CC1)CN(Cc1ccccc1)CC(C=Cc1c(F)cccc1[N+](=O)[O-])O2. The van der Waals surface area contributed by atoms with Crippen LogP contribution in [0.3, 0.4) is 0 Å². The van der Waals surface area contributed by atoms with Gasteiger partial charge in [-0.2, -0.15) is 0 Å². The third-order valence-electron chi connectivity index (χ3n) is 6.63. The average molecular weight is 512 g/mol. The Morgan fingerprint density at radius 1 is 1.19 bits per heavy atom. The van der Waals surface area contributed by atoms with Crippen molar-refractivity contribution in [2.24, 2.45) is 0 Å². The van der Waals surface area contributed by atoms with Crippen LogP contribution in [0.2, 0.25) is 0 Å². The molecule has 0 N–H and O–H groups in total. The Labute approximate surface area is 216 Å². The van der Waals surface area contributed by atoms with Crippen LogP contribution < -0.4 is 0 Å². The van der Waals surface area contributed by atoms with E-state index in [1.165, 1.54) is 29.8 Å². The molecule has 1 amide bonds. The topological polar surface area (TPSA) is 85.2 Å². The number of benzene rings is 2. The van der Waals surface area contributed by atoms with Gasteiger partial charge in [-0.3, -0.25) is 15.0 Å². The molecule has 2 aliphatic rings. The highest BCUT2D eigenvalue weighted by Crippen LogP contribution is 2.34. The molecule has 0 saturated carbocycles. The van der Waals surface area contributed by atoms with E-state index in [0.29, 0.717) is 45.6 Å². The molecule has 37 heavy (non-hydrogen) atoms. The third-order valence-corrected chi connectivity index (χ3v) is 6.63. The van der Waals surface area contributed by atoms with E-state index in [-0.39, 0.29) is 17.3 Å². The average Bonchev–Trinajstić information content (AvgIpc) is 2.83. The quantitative estimate of drug-likeness (QED) is 0.394. The van der Waals surface area contributed by atoms with Crippen molar-refractivity contribution >= 4 is 17.9 Å². The van der Waals surface area contributed by atoms with Gasteiger partial charge in [0.25, 0.3) is 5.69 Å². The Kier molecular flexibility index (Phi) is 7.94. The molecule has 0 aromatic heterocycles. The van der Waals surface area contributed by atoms with Crippen molar-refractivity contribution in [1.82, 2.24) is 9.80 Å². The fourth-order valence-corrected chi connectivity index (χ4v) is 4.94. The lowest BCUT2D eigenvalue weighted by Crippen LogP contribution is -2.59. The van der Waals surface area contributed by atoms with E-state index in [1.807, 2.05) is 39.0 Å². The summed E-state index contributed by atoms with van der Waals surface area (Å²) in [7, 11) is 0. The van der Waals surface area contributed by atoms with E-state index in [1.54, 1.807) is 11.0 Å². The maximum atomic E-state index is 14.5. The molecule has 2 aliphatic heterocycles. The maximum absolute atomic E-state index is 14.5. The Hall–Kier alpha value is -3.30. The minimum Gasteiger partial charge on any atom is -0.444 e. The molecule has 2 saturated heterocycles. The molecule has 0 radical (unpaired) electrons. The lowest BCUT2D eigenvalue weighted by molar-refractivity contribution is -0.385. The van der Waals surface area contributed by atoms with Crippen molar-refractivity contribution in [3.05, 3.63) is 81.7 Å². The molecule has 4 rings (SSSR count). The third kappa shape index (κ3) is 6.93. The van der Waals surface area contributed by atoms with Crippen molar-refractivity contribution in [2.45, 2.75) is 57.5 Å². The lowest BCUT2D eigenvalue weighted by atomic mass is 9.88. The number of rotatable bonds is 5. The molecule has 9 heteroatoms. The second-order valence-corrected chi connectivity index (χ2v) is 10.8. The van der Waals surface area contributed by atoms with Crippen LogP contribution in [0, 0.1) is 15.9 Å². The van der Waals surface area contributed by atoms with Gasteiger partial charge in [0, 0.05) is 38.8 Å². The number of amides is 1. The molecule has 2 aromatic rings. The first-order chi connectivity index (χ1) is 17.5. The summed E-state index contributed by atoms with van der Waals surface area (Å²) >= 11 is 0. The molecule has 2 fully saturated rings. The van der Waals surface area contributed by atoms with Crippen molar-refractivity contribution in [1.29, 1.82) is 0 Å². The van der Waals surface area contributed by atoms with Gasteiger partial charge in [-0.25, -0.2) is 9.18 Å². The monoisotopic (exact) mass is 511 g/mol. The van der Waals surface area contributed by atoms with Crippen molar-refractivity contribution in [3.8, 4) is 0 Å². The van der Waals surface area contributed by atoms with Crippen LogP contribution in [-0.2, 0) is 16.0 Å². The molecule has 0 aliphatic carbocycles. The van der Waals surface area contributed by atoms with Crippen molar-refractivity contribution < 1.29 is 23.6 Å². The predicted octanol–water partition coefficient (Wildman–Crippen LogP) is 5.42. The number of likely N-dealkylation sites (tertiary alicyclic amines) is 1. The van der Waals surface area contributed by atoms with Crippen molar-refractivity contribution in [2.75, 3.05) is 26.2 Å². The molecule has 198 valence electrons. The van der Waals surface area contributed by atoms with Gasteiger partial charge in [-0.1, -0.05) is 42.5 Å². The van der Waals surface area contributed by atoms with E-state index in [9.17, 15) is 19.3 Å². The second-order valence-electron chi connectivity index (χ2n) is 10.8. The molecular formula is C28H34FN3O5. The van der Waals surface area contributed by atoms with Gasteiger partial charge in [0.05, 0.1) is 22.2 Å². The van der Waals surface area contributed by atoms with E-state index in [0.717, 1.165) is 0 Å². The fraction of sp³-hybridized carbons (Fsp3) is 0.464. The highest BCUT2D eigenvalue weighted by Gasteiger charge is 2.43. The summed E-state index contributed by atoms with van der Waals surface area (Å²) < 4.78 is 26.6. The predicted molar refractivity (Wildman–Crippen MR) is 138 cm³/mol. The van der Waals surface area contributed by atoms with Crippen molar-refractivity contribution in [3.63, 3.8) is 0 Å². The van der Waals surface area contributed by atoms with E-state index >= 15 is 0 Å². The van der Waals surface area contributed by atoms with Crippen LogP contribution in [0.15, 0.2) is 54.6 Å². The Morgan fingerprint density at radius 3 is 2.54 bits per heavy atom. The van der Waals surface area contributed by atoms with Crippen LogP contribution >= 0.6 is 0 Å². The highest BCUT2D eigenvalue weighted by molar-refractivity contribution is 5.68. The number of nitro groups is 1. The number of hydrogen-bond donors (Lipinski definition) is 0. The molecule has 2 heterocycles. The normalized spacial score (nSPS) is 20.3. The zero-order valence-electron chi connectivity index (χ0n) is 21.6. The van der Waals surface area contributed by atoms with Crippen LogP contribution in [0.4, 0.5) is 14.9 Å². The van der Waals surface area contributed by atoms with Gasteiger partial charge < -0.3 is 14.4 Å². The molecule has 1 unspecified atom stereocenters. The first-order valence-corrected chi connectivity index (χ1v) is 12.6. The van der Waals surface area contributed by atoms with Gasteiger partial charge in [0.15, 0.2) is 0 Å². The Balaban J connectivity index is 1.53. The van der Waals surface area contributed by atoms with Gasteiger partial charge in [-0.15, -0.1) is 0 Å². The first-order valence-electron chi connectivity index (χ1n) is 12.6. The molecule has 8 nitrogen and oxygen atoms in total. The summed E-state index contributed by atoms with van der Waals surface area (Å²) in [6, 6.07) is 13.9. The Bertz CT molecular complexity index is 1140. The standard InChI is InChI=1S/C28H34FN3O5/c1-27(2,3)37-26(33)31-16-14-28(15-17-31)20-30(18-21-8-5-4-6-9-21)19-22(36-28)12-13-23-24(29)10-7-11-25(23)32(34)35/h4-13,22H,14-20H2,1-3H3. The van der Waals surface area contributed by atoms with Gasteiger partial charge >= 0.3 is 6.09 Å². The van der Waals surface area contributed by atoms with E-state index in [4.69, 9.17) is 9.47 Å². The summed E-state index contributed by atoms with van der Waals surface area (Å²) in [5.74, 6) is -0.650. The number of ether oxygens (including phenoxy) is 2. The molecule has 1 atom stereocenters. The minimum absolute atomic E-state index is 0.0647. The summed E-state index contributed by atoms with van der Waals surface area (Å²) in [6.07, 6.45) is 3.69. The number of nitro benzene ring substituents is 1. The number of piperidine rings is 1. The summed E-state index contributed by atoms with van der Waals surface area (Å²) in [5, 5.41) is 11.4. The van der Waals surface area contributed by atoms with Gasteiger partial charge in [0.2, 0.25) is 0 Å². The summed E-state index contributed by atoms with van der Waals surface area (Å²) in [6.45, 7) is 8.51. The highest BCUT2D eigenvalue weighted by atomic mass is 19.1. The number of hydrogen-bond acceptors (Lipinski definition) is 6. The Morgan fingerprint density at radius 2 is 1.89 bits per heavy atom. The number of morpholine rings is 1. The fourth-order valence-electron chi connectivity index (χ4n) is 4.94. The van der Waals surface area contributed by atoms with Crippen LogP contribution in [-0.4, -0.2) is 64.3 Å². The maximum Gasteiger partial charge on any atom is 0.410 e. The van der Waals surface area contributed by atoms with Crippen LogP contribution in [0.25, 0.3) is 6.08 Å². The second kappa shape index (κ2) is 11.0. The minimum atomic E-state index is -0.650. The summed E-state index contributed by atoms with van der Waals surface area (Å²) in [5.41, 5.74) is -0.246. The van der Waals surface area contributed by atoms with E-state index < -0.39 is 28.0 Å². The molecule has 2 aromatic carbocycles. The smallest absolute Gasteiger partial charge is 0.410 e. The molecule has 0 bridgehead atoms. The first kappa shape index (κ1) is 26.8. The lowest BCUT2D eigenvalue weighted by Gasteiger charge is -2.49. The zero-order chi connectivity index (χ0) is 26.6. The number of carbonyl (C=O) groups excluding carboxylic acids is 1. The van der Waals surface area contributed by atoms with Crippen LogP contribution in [0.1, 0.15) is 44.7 Å². The van der Waals surface area contributed by atoms with E-state index in [2.05, 4.69) is 17.0 Å². The summed E-state index contributed by atoms with van der Waals surface area (Å²) in [4.78, 5) is 27.4. The number of nitrogens with zero attached hydrogens (tertiary/aromatic N) is 3. The zero-order valence-corrected chi connectivity index (χ0v) is 21.6. The number of carbonyl (C=O) groups is 1. The van der Waals surface area contributed by atoms with Gasteiger partial charge in [-0.05, 0) is 51.3 Å². The number of halogens is 1.